The van der Waals surface area contributed by atoms with Crippen molar-refractivity contribution in [1.29, 1.82) is 0 Å². The molecular weight excluding hydrogens is 446 g/mol. The summed E-state index contributed by atoms with van der Waals surface area (Å²) in [4.78, 5) is 27.7. The summed E-state index contributed by atoms with van der Waals surface area (Å²) in [5.41, 5.74) is 1.43. The van der Waals surface area contributed by atoms with E-state index in [0.29, 0.717) is 36.5 Å². The molecule has 0 unspecified atom stereocenters. The van der Waals surface area contributed by atoms with Crippen LogP contribution in [-0.4, -0.2) is 24.3 Å². The zero-order valence-corrected chi connectivity index (χ0v) is 18.1. The first-order valence-electron chi connectivity index (χ1n) is 8.94. The highest BCUT2D eigenvalue weighted by atomic mass is 32.9. The van der Waals surface area contributed by atoms with Crippen LogP contribution in [0.3, 0.4) is 0 Å². The lowest BCUT2D eigenvalue weighted by molar-refractivity contribution is -0.757. The minimum absolute atomic E-state index is 0.0466. The molecule has 156 valence electrons. The summed E-state index contributed by atoms with van der Waals surface area (Å²) < 4.78 is 11.8. The monoisotopic (exact) mass is 463 g/mol. The lowest BCUT2D eigenvalue weighted by atomic mass is 10.2. The first-order valence-corrected chi connectivity index (χ1v) is 11.5. The maximum Gasteiger partial charge on any atom is 0.343 e. The zero-order chi connectivity index (χ0) is 21.3. The van der Waals surface area contributed by atoms with E-state index in [1.54, 1.807) is 57.1 Å². The molecule has 3 aromatic rings. The number of hydrogen-bond acceptors (Lipinski definition) is 9. The van der Waals surface area contributed by atoms with Crippen LogP contribution in [0.1, 0.15) is 23.2 Å². The summed E-state index contributed by atoms with van der Waals surface area (Å²) in [6, 6.07) is 15.8. The molecule has 0 amide bonds. The standard InChI is InChI=1S/C20H17NO6S3/c22-20(27-17-9-3-14(4-10-17)18-13-19(28)30-29-18)15-5-7-16(8-6-15)25-11-1-2-12-26-21(23)24/h3-10,13H,1-2,11-12H2. The lowest BCUT2D eigenvalue weighted by Gasteiger charge is -2.08. The number of hydrogen-bond donors (Lipinski definition) is 0. The average Bonchev–Trinajstić information content (AvgIpc) is 3.17. The number of carbonyl (C=O) groups is 1. The number of benzene rings is 2. The molecule has 0 saturated heterocycles. The second-order valence-electron chi connectivity index (χ2n) is 6.04. The number of rotatable bonds is 10. The first-order chi connectivity index (χ1) is 14.5. The van der Waals surface area contributed by atoms with Gasteiger partial charge in [-0.3, -0.25) is 0 Å². The Balaban J connectivity index is 1.47. The number of nitrogens with zero attached hydrogens (tertiary/aromatic N) is 1. The highest BCUT2D eigenvalue weighted by molar-refractivity contribution is 7.80. The summed E-state index contributed by atoms with van der Waals surface area (Å²) in [6.07, 6.45) is 1.14. The molecule has 0 aliphatic carbocycles. The van der Waals surface area contributed by atoms with E-state index in [1.807, 2.05) is 18.2 Å². The molecule has 0 N–H and O–H groups in total. The van der Waals surface area contributed by atoms with Gasteiger partial charge in [-0.25, -0.2) is 4.79 Å². The van der Waals surface area contributed by atoms with E-state index in [-0.39, 0.29) is 6.61 Å². The first kappa shape index (κ1) is 21.9. The molecule has 7 nitrogen and oxygen atoms in total. The zero-order valence-electron chi connectivity index (χ0n) is 15.6. The van der Waals surface area contributed by atoms with E-state index >= 15 is 0 Å². The van der Waals surface area contributed by atoms with Gasteiger partial charge in [0.1, 0.15) is 15.3 Å². The Bertz CT molecular complexity index is 1040. The molecule has 3 rings (SSSR count). The van der Waals surface area contributed by atoms with Crippen LogP contribution in [0.4, 0.5) is 0 Å². The van der Waals surface area contributed by atoms with Gasteiger partial charge in [0.25, 0.3) is 5.09 Å². The van der Waals surface area contributed by atoms with Crippen LogP contribution in [0.5, 0.6) is 11.5 Å². The van der Waals surface area contributed by atoms with Crippen molar-refractivity contribution in [1.82, 2.24) is 0 Å². The Kier molecular flexibility index (Phi) is 7.89. The molecule has 30 heavy (non-hydrogen) atoms. The second-order valence-corrected chi connectivity index (χ2v) is 8.96. The number of unbranched alkanes of at least 4 members (excludes halogenated alkanes) is 1. The van der Waals surface area contributed by atoms with E-state index in [1.165, 1.54) is 0 Å². The van der Waals surface area contributed by atoms with Crippen molar-refractivity contribution in [3.05, 3.63) is 74.1 Å². The molecule has 2 aromatic carbocycles. The molecule has 0 spiro atoms. The van der Waals surface area contributed by atoms with E-state index in [2.05, 4.69) is 4.84 Å². The SMILES string of the molecule is O=C(Oc1ccc(-c2cc(=S)ss2)cc1)c1ccc(OCCCCO[N+](=O)[O-])cc1. The Morgan fingerprint density at radius 1 is 0.967 bits per heavy atom. The third-order valence-corrected chi connectivity index (χ3v) is 6.82. The predicted molar refractivity (Wildman–Crippen MR) is 118 cm³/mol. The number of ether oxygens (including phenoxy) is 2. The molecule has 1 heterocycles. The van der Waals surface area contributed by atoms with Gasteiger partial charge in [-0.05, 0) is 73.0 Å². The quantitative estimate of drug-likeness (QED) is 0.0715. The molecule has 0 saturated carbocycles. The van der Waals surface area contributed by atoms with Crippen LogP contribution in [-0.2, 0) is 4.84 Å². The summed E-state index contributed by atoms with van der Waals surface area (Å²) >= 11 is 5.15. The molecule has 10 heteroatoms. The number of esters is 1. The minimum Gasteiger partial charge on any atom is -0.494 e. The Hall–Kier alpha value is -2.82. The summed E-state index contributed by atoms with van der Waals surface area (Å²) in [6.45, 7) is 0.445. The lowest BCUT2D eigenvalue weighted by Crippen LogP contribution is -2.08. The van der Waals surface area contributed by atoms with Gasteiger partial charge in [0.2, 0.25) is 0 Å². The molecule has 1 aromatic heterocycles. The Morgan fingerprint density at radius 2 is 1.63 bits per heavy atom. The van der Waals surface area contributed by atoms with Gasteiger partial charge in [-0.15, -0.1) is 10.1 Å². The smallest absolute Gasteiger partial charge is 0.343 e. The maximum atomic E-state index is 12.3. The van der Waals surface area contributed by atoms with Gasteiger partial charge in [0.15, 0.2) is 0 Å². The van der Waals surface area contributed by atoms with Gasteiger partial charge in [0.05, 0.1) is 18.8 Å². The topological polar surface area (TPSA) is 87.9 Å². The van der Waals surface area contributed by atoms with Crippen molar-refractivity contribution in [2.24, 2.45) is 0 Å². The van der Waals surface area contributed by atoms with Crippen LogP contribution in [0.25, 0.3) is 10.4 Å². The summed E-state index contributed by atoms with van der Waals surface area (Å²) in [5, 5.41) is 9.23. The minimum atomic E-state index is -0.811. The Labute approximate surface area is 185 Å². The van der Waals surface area contributed by atoms with Gasteiger partial charge >= 0.3 is 5.97 Å². The third-order valence-electron chi connectivity index (χ3n) is 3.91. The fourth-order valence-corrected chi connectivity index (χ4v) is 4.85. The predicted octanol–water partition coefficient (Wildman–Crippen LogP) is 5.79. The molecule has 0 bridgehead atoms. The molecular formula is C20H17NO6S3. The third kappa shape index (κ3) is 6.61. The number of carbonyl (C=O) groups excluding carboxylic acids is 1. The maximum absolute atomic E-state index is 12.3. The highest BCUT2D eigenvalue weighted by Crippen LogP contribution is 2.30. The van der Waals surface area contributed by atoms with Gasteiger partial charge in [-0.1, -0.05) is 32.9 Å². The van der Waals surface area contributed by atoms with Gasteiger partial charge < -0.3 is 14.3 Å². The Morgan fingerprint density at radius 3 is 2.27 bits per heavy atom. The van der Waals surface area contributed by atoms with Crippen molar-refractivity contribution in [2.45, 2.75) is 12.8 Å². The van der Waals surface area contributed by atoms with Crippen molar-refractivity contribution in [3.63, 3.8) is 0 Å². The molecule has 0 aliphatic rings. The second kappa shape index (κ2) is 10.8. The molecule has 0 radical (unpaired) electrons. The fourth-order valence-electron chi connectivity index (χ4n) is 2.45. The normalized spacial score (nSPS) is 10.4. The van der Waals surface area contributed by atoms with Crippen molar-refractivity contribution in [3.8, 4) is 21.9 Å². The van der Waals surface area contributed by atoms with Crippen LogP contribution in [0, 0.1) is 13.9 Å². The average molecular weight is 464 g/mol. The van der Waals surface area contributed by atoms with E-state index < -0.39 is 11.1 Å². The summed E-state index contributed by atoms with van der Waals surface area (Å²) in [7, 11) is 3.17. The molecule has 0 aliphatic heterocycles. The van der Waals surface area contributed by atoms with Crippen LogP contribution >= 0.6 is 32.9 Å². The van der Waals surface area contributed by atoms with E-state index in [4.69, 9.17) is 21.7 Å². The molecule has 0 fully saturated rings. The van der Waals surface area contributed by atoms with Gasteiger partial charge in [0, 0.05) is 4.88 Å². The largest absolute Gasteiger partial charge is 0.494 e. The highest BCUT2D eigenvalue weighted by Gasteiger charge is 2.09. The van der Waals surface area contributed by atoms with Crippen LogP contribution < -0.4 is 9.47 Å². The van der Waals surface area contributed by atoms with Crippen LogP contribution in [0.15, 0.2) is 54.6 Å². The van der Waals surface area contributed by atoms with E-state index in [0.717, 1.165) is 14.3 Å². The van der Waals surface area contributed by atoms with E-state index in [9.17, 15) is 14.9 Å². The fraction of sp³-hybridized carbons (Fsp3) is 0.200. The van der Waals surface area contributed by atoms with Crippen molar-refractivity contribution < 1.29 is 24.2 Å². The summed E-state index contributed by atoms with van der Waals surface area (Å²) in [5.74, 6) is 0.599. The molecule has 0 atom stereocenters. The van der Waals surface area contributed by atoms with Gasteiger partial charge in [-0.2, -0.15) is 0 Å². The van der Waals surface area contributed by atoms with Crippen LogP contribution in [0.2, 0.25) is 0 Å². The van der Waals surface area contributed by atoms with Crippen molar-refractivity contribution >= 4 is 38.9 Å². The van der Waals surface area contributed by atoms with Crippen molar-refractivity contribution in [2.75, 3.05) is 13.2 Å².